The van der Waals surface area contributed by atoms with E-state index in [9.17, 15) is 18.0 Å². The molecule has 6 heteroatoms. The molecular formula is C10H9F3O3. The summed E-state index contributed by atoms with van der Waals surface area (Å²) in [5.74, 6) is -4.05. The smallest absolute Gasteiger partial charge is 0.406 e. The van der Waals surface area contributed by atoms with Crippen LogP contribution in [0.4, 0.5) is 13.2 Å². The Morgan fingerprint density at radius 1 is 1.31 bits per heavy atom. The van der Waals surface area contributed by atoms with Gasteiger partial charge in [-0.1, -0.05) is 12.1 Å². The summed E-state index contributed by atoms with van der Waals surface area (Å²) in [5, 5.41) is 8.54. The van der Waals surface area contributed by atoms with Crippen LogP contribution >= 0.6 is 0 Å². The second kappa shape index (κ2) is 4.42. The zero-order valence-corrected chi connectivity index (χ0v) is 8.28. The van der Waals surface area contributed by atoms with Gasteiger partial charge in [0.25, 0.3) is 0 Å². The van der Waals surface area contributed by atoms with Gasteiger partial charge in [-0.05, 0) is 17.7 Å². The molecule has 88 valence electrons. The largest absolute Gasteiger partial charge is 0.497 e. The molecule has 0 radical (unpaired) electrons. The molecule has 0 aliphatic carbocycles. The van der Waals surface area contributed by atoms with Crippen molar-refractivity contribution in [2.45, 2.75) is 12.1 Å². The molecule has 1 N–H and O–H groups in total. The summed E-state index contributed by atoms with van der Waals surface area (Å²) in [6, 6.07) is 4.75. The molecule has 0 spiro atoms. The third-order valence-corrected chi connectivity index (χ3v) is 2.02. The fourth-order valence-corrected chi connectivity index (χ4v) is 1.27. The summed E-state index contributed by atoms with van der Waals surface area (Å²) in [6.45, 7) is 0. The van der Waals surface area contributed by atoms with E-state index in [-0.39, 0.29) is 5.56 Å². The highest BCUT2D eigenvalue weighted by Crippen LogP contribution is 2.35. The van der Waals surface area contributed by atoms with Crippen LogP contribution in [0.5, 0.6) is 5.75 Å². The first kappa shape index (κ1) is 12.4. The second-order valence-electron chi connectivity index (χ2n) is 3.09. The molecule has 0 bridgehead atoms. The maximum atomic E-state index is 12.4. The molecule has 0 unspecified atom stereocenters. The lowest BCUT2D eigenvalue weighted by atomic mass is 9.99. The van der Waals surface area contributed by atoms with Crippen molar-refractivity contribution in [2.75, 3.05) is 7.11 Å². The van der Waals surface area contributed by atoms with E-state index >= 15 is 0 Å². The number of hydrogen-bond acceptors (Lipinski definition) is 2. The van der Waals surface area contributed by atoms with Crippen LogP contribution < -0.4 is 4.74 Å². The van der Waals surface area contributed by atoms with Crippen molar-refractivity contribution >= 4 is 5.97 Å². The molecule has 1 atom stereocenters. The lowest BCUT2D eigenvalue weighted by Gasteiger charge is -2.16. The number of carboxylic acids is 1. The molecule has 0 aliphatic rings. The molecule has 0 saturated carbocycles. The Balaban J connectivity index is 3.07. The average molecular weight is 234 g/mol. The normalized spacial score (nSPS) is 13.2. The number of carboxylic acid groups (broad SMARTS) is 1. The predicted molar refractivity (Wildman–Crippen MR) is 49.4 cm³/mol. The van der Waals surface area contributed by atoms with Gasteiger partial charge in [-0.25, -0.2) is 0 Å². The molecule has 1 aromatic rings. The highest BCUT2D eigenvalue weighted by atomic mass is 19.4. The number of hydrogen-bond donors (Lipinski definition) is 1. The van der Waals surface area contributed by atoms with Crippen molar-refractivity contribution in [3.8, 4) is 5.75 Å². The molecule has 0 aliphatic heterocycles. The minimum absolute atomic E-state index is 0.319. The monoisotopic (exact) mass is 234 g/mol. The number of alkyl halides is 3. The zero-order valence-electron chi connectivity index (χ0n) is 8.28. The predicted octanol–water partition coefficient (Wildman–Crippen LogP) is 2.43. The Morgan fingerprint density at radius 3 is 2.12 bits per heavy atom. The van der Waals surface area contributed by atoms with E-state index in [2.05, 4.69) is 0 Å². The number of methoxy groups -OCH3 is 1. The number of halogens is 3. The quantitative estimate of drug-likeness (QED) is 0.873. The Labute approximate surface area is 89.5 Å². The van der Waals surface area contributed by atoms with Crippen molar-refractivity contribution in [3.05, 3.63) is 29.8 Å². The molecule has 1 rings (SSSR count). The molecule has 1 aromatic carbocycles. The van der Waals surface area contributed by atoms with E-state index in [0.717, 1.165) is 12.1 Å². The van der Waals surface area contributed by atoms with Gasteiger partial charge in [-0.15, -0.1) is 0 Å². The molecular weight excluding hydrogens is 225 g/mol. The lowest BCUT2D eigenvalue weighted by molar-refractivity contribution is -0.176. The Kier molecular flexibility index (Phi) is 3.41. The van der Waals surface area contributed by atoms with Gasteiger partial charge in [0.05, 0.1) is 7.11 Å². The Hall–Kier alpha value is -1.72. The van der Waals surface area contributed by atoms with Crippen LogP contribution in [0, 0.1) is 0 Å². The first-order valence-electron chi connectivity index (χ1n) is 4.29. The van der Waals surface area contributed by atoms with Crippen molar-refractivity contribution in [3.63, 3.8) is 0 Å². The van der Waals surface area contributed by atoms with Crippen LogP contribution in [0.25, 0.3) is 0 Å². The molecule has 0 amide bonds. The summed E-state index contributed by atoms with van der Waals surface area (Å²) in [4.78, 5) is 10.5. The highest BCUT2D eigenvalue weighted by molar-refractivity contribution is 5.77. The summed E-state index contributed by atoms with van der Waals surface area (Å²) in [5.41, 5.74) is -0.319. The van der Waals surface area contributed by atoms with Gasteiger partial charge in [-0.2, -0.15) is 13.2 Å². The fourth-order valence-electron chi connectivity index (χ4n) is 1.27. The second-order valence-corrected chi connectivity index (χ2v) is 3.09. The van der Waals surface area contributed by atoms with Crippen molar-refractivity contribution in [1.29, 1.82) is 0 Å². The van der Waals surface area contributed by atoms with Gasteiger partial charge in [0.15, 0.2) is 5.92 Å². The van der Waals surface area contributed by atoms with Crippen LogP contribution in [-0.4, -0.2) is 24.4 Å². The maximum absolute atomic E-state index is 12.4. The number of rotatable bonds is 3. The van der Waals surface area contributed by atoms with Crippen LogP contribution in [0.2, 0.25) is 0 Å². The van der Waals surface area contributed by atoms with E-state index in [1.807, 2.05) is 0 Å². The van der Waals surface area contributed by atoms with Crippen molar-refractivity contribution < 1.29 is 27.8 Å². The van der Waals surface area contributed by atoms with Gasteiger partial charge in [0.2, 0.25) is 0 Å². The van der Waals surface area contributed by atoms with Crippen LogP contribution in [0.15, 0.2) is 24.3 Å². The maximum Gasteiger partial charge on any atom is 0.406 e. The third kappa shape index (κ3) is 2.65. The van der Waals surface area contributed by atoms with Crippen molar-refractivity contribution in [2.24, 2.45) is 0 Å². The average Bonchev–Trinajstić information content (AvgIpc) is 2.16. The fraction of sp³-hybridized carbons (Fsp3) is 0.300. The van der Waals surface area contributed by atoms with E-state index in [0.29, 0.717) is 5.75 Å². The van der Waals surface area contributed by atoms with Gasteiger partial charge >= 0.3 is 12.1 Å². The molecule has 0 saturated heterocycles. The Bertz CT molecular complexity index is 370. The molecule has 16 heavy (non-hydrogen) atoms. The highest BCUT2D eigenvalue weighted by Gasteiger charge is 2.46. The first-order valence-corrected chi connectivity index (χ1v) is 4.29. The molecule has 0 aromatic heterocycles. The SMILES string of the molecule is COc1ccc([C@@H](C(=O)O)C(F)(F)F)cc1. The number of aliphatic carboxylic acids is 1. The third-order valence-electron chi connectivity index (χ3n) is 2.02. The molecule has 0 heterocycles. The number of benzene rings is 1. The van der Waals surface area contributed by atoms with E-state index in [4.69, 9.17) is 9.84 Å². The summed E-state index contributed by atoms with van der Waals surface area (Å²) < 4.78 is 42.0. The Morgan fingerprint density at radius 2 is 1.81 bits per heavy atom. The van der Waals surface area contributed by atoms with Gasteiger partial charge in [-0.3, -0.25) is 4.79 Å². The number of ether oxygens (including phenoxy) is 1. The van der Waals surface area contributed by atoms with Crippen molar-refractivity contribution in [1.82, 2.24) is 0 Å². The standard InChI is InChI=1S/C10H9F3O3/c1-16-7-4-2-6(3-5-7)8(9(14)15)10(11,12)13/h2-5,8H,1H3,(H,14,15)/t8-/m0/s1. The summed E-state index contributed by atoms with van der Waals surface area (Å²) in [6.07, 6.45) is -4.81. The number of carbonyl (C=O) groups is 1. The van der Waals surface area contributed by atoms with E-state index in [1.54, 1.807) is 0 Å². The summed E-state index contributed by atoms with van der Waals surface area (Å²) in [7, 11) is 1.37. The first-order chi connectivity index (χ1) is 7.36. The van der Waals surface area contributed by atoms with Gasteiger partial charge in [0.1, 0.15) is 5.75 Å². The van der Waals surface area contributed by atoms with Crippen LogP contribution in [-0.2, 0) is 4.79 Å². The van der Waals surface area contributed by atoms with Crippen LogP contribution in [0.1, 0.15) is 11.5 Å². The minimum atomic E-state index is -4.81. The topological polar surface area (TPSA) is 46.5 Å². The van der Waals surface area contributed by atoms with Gasteiger partial charge in [0, 0.05) is 0 Å². The lowest BCUT2D eigenvalue weighted by Crippen LogP contribution is -2.28. The molecule has 0 fully saturated rings. The zero-order chi connectivity index (χ0) is 12.3. The van der Waals surface area contributed by atoms with E-state index in [1.165, 1.54) is 19.2 Å². The van der Waals surface area contributed by atoms with Crippen LogP contribution in [0.3, 0.4) is 0 Å². The summed E-state index contributed by atoms with van der Waals surface area (Å²) >= 11 is 0. The molecule has 3 nitrogen and oxygen atoms in total. The van der Waals surface area contributed by atoms with E-state index < -0.39 is 18.1 Å². The van der Waals surface area contributed by atoms with Gasteiger partial charge < -0.3 is 9.84 Å². The minimum Gasteiger partial charge on any atom is -0.497 e.